The fourth-order valence-electron chi connectivity index (χ4n) is 1.85. The van der Waals surface area contributed by atoms with Crippen LogP contribution in [-0.4, -0.2) is 22.4 Å². The van der Waals surface area contributed by atoms with E-state index in [1.54, 1.807) is 0 Å². The highest BCUT2D eigenvalue weighted by atomic mass is 16.3. The van der Waals surface area contributed by atoms with E-state index in [-0.39, 0.29) is 12.5 Å². The summed E-state index contributed by atoms with van der Waals surface area (Å²) in [5.74, 6) is 0.238. The summed E-state index contributed by atoms with van der Waals surface area (Å²) < 4.78 is 0. The van der Waals surface area contributed by atoms with Gasteiger partial charge in [-0.05, 0) is 24.3 Å². The minimum Gasteiger partial charge on any atom is -0.396 e. The van der Waals surface area contributed by atoms with Gasteiger partial charge in [-0.1, -0.05) is 42.5 Å². The fraction of sp³-hybridized carbons (Fsp3) is 0.385. The summed E-state index contributed by atoms with van der Waals surface area (Å²) in [6.45, 7) is 0.159. The van der Waals surface area contributed by atoms with Crippen molar-refractivity contribution in [1.82, 2.24) is 0 Å². The number of benzene rings is 1. The van der Waals surface area contributed by atoms with Crippen molar-refractivity contribution in [3.8, 4) is 0 Å². The Labute approximate surface area is 89.9 Å². The number of rotatable bonds is 4. The molecule has 0 radical (unpaired) electrons. The van der Waals surface area contributed by atoms with Gasteiger partial charge in [0.1, 0.15) is 0 Å². The summed E-state index contributed by atoms with van der Waals surface area (Å²) in [6, 6.07) is 9.92. The first-order valence-corrected chi connectivity index (χ1v) is 5.32. The number of hydrogen-bond donors (Lipinski definition) is 2. The molecule has 0 saturated heterocycles. The standard InChI is InChI=1S/C13H16O2/c14-9-7-12-10-13(12,15)8-6-11-4-2-1-3-5-11/h1-6,8,12,14-15H,7,9-10H2/b8-6+/t12-,13+/m1/s1. The molecule has 0 aliphatic heterocycles. The van der Waals surface area contributed by atoms with Gasteiger partial charge in [-0.3, -0.25) is 0 Å². The van der Waals surface area contributed by atoms with Gasteiger partial charge in [0.2, 0.25) is 0 Å². The second-order valence-corrected chi connectivity index (χ2v) is 4.15. The third-order valence-electron chi connectivity index (χ3n) is 2.96. The predicted molar refractivity (Wildman–Crippen MR) is 60.2 cm³/mol. The Morgan fingerprint density at radius 3 is 2.73 bits per heavy atom. The van der Waals surface area contributed by atoms with Crippen LogP contribution in [0.1, 0.15) is 18.4 Å². The molecule has 0 aromatic heterocycles. The van der Waals surface area contributed by atoms with Gasteiger partial charge >= 0.3 is 0 Å². The van der Waals surface area contributed by atoms with Crippen LogP contribution < -0.4 is 0 Å². The van der Waals surface area contributed by atoms with E-state index in [4.69, 9.17) is 5.11 Å². The first kappa shape index (κ1) is 10.4. The molecule has 0 unspecified atom stereocenters. The van der Waals surface area contributed by atoms with Crippen LogP contribution in [0, 0.1) is 5.92 Å². The first-order chi connectivity index (χ1) is 7.24. The molecule has 2 heteroatoms. The van der Waals surface area contributed by atoms with Gasteiger partial charge in [-0.15, -0.1) is 0 Å². The maximum absolute atomic E-state index is 9.98. The van der Waals surface area contributed by atoms with E-state index in [2.05, 4.69) is 0 Å². The summed E-state index contributed by atoms with van der Waals surface area (Å²) in [7, 11) is 0. The highest BCUT2D eigenvalue weighted by Crippen LogP contribution is 2.46. The van der Waals surface area contributed by atoms with E-state index in [9.17, 15) is 5.11 Å². The Hall–Kier alpha value is -1.12. The summed E-state index contributed by atoms with van der Waals surface area (Å²) in [5, 5.41) is 18.7. The molecule has 1 fully saturated rings. The smallest absolute Gasteiger partial charge is 0.0864 e. The molecular formula is C13H16O2. The maximum Gasteiger partial charge on any atom is 0.0864 e. The Bertz CT molecular complexity index is 345. The highest BCUT2D eigenvalue weighted by molar-refractivity contribution is 5.51. The molecule has 80 valence electrons. The molecule has 1 saturated carbocycles. The molecule has 1 aromatic carbocycles. The van der Waals surface area contributed by atoms with Gasteiger partial charge in [0.25, 0.3) is 0 Å². The third kappa shape index (κ3) is 2.46. The van der Waals surface area contributed by atoms with Crippen LogP contribution in [0.4, 0.5) is 0 Å². The van der Waals surface area contributed by atoms with Crippen LogP contribution in [-0.2, 0) is 0 Å². The van der Waals surface area contributed by atoms with Crippen LogP contribution in [0.25, 0.3) is 6.08 Å². The lowest BCUT2D eigenvalue weighted by Gasteiger charge is -2.02. The molecule has 2 atom stereocenters. The van der Waals surface area contributed by atoms with E-state index in [1.165, 1.54) is 0 Å². The average molecular weight is 204 g/mol. The van der Waals surface area contributed by atoms with Gasteiger partial charge in [-0.25, -0.2) is 0 Å². The van der Waals surface area contributed by atoms with E-state index in [1.807, 2.05) is 42.5 Å². The van der Waals surface area contributed by atoms with Gasteiger partial charge in [0.15, 0.2) is 0 Å². The van der Waals surface area contributed by atoms with Crippen LogP contribution in [0.5, 0.6) is 0 Å². The van der Waals surface area contributed by atoms with Crippen molar-refractivity contribution in [2.45, 2.75) is 18.4 Å². The molecule has 0 amide bonds. The number of aliphatic hydroxyl groups excluding tert-OH is 1. The van der Waals surface area contributed by atoms with Crippen molar-refractivity contribution in [3.63, 3.8) is 0 Å². The molecule has 1 aliphatic rings. The van der Waals surface area contributed by atoms with Gasteiger partial charge in [-0.2, -0.15) is 0 Å². The Balaban J connectivity index is 1.96. The normalized spacial score (nSPS) is 29.6. The van der Waals surface area contributed by atoms with Crippen LogP contribution >= 0.6 is 0 Å². The van der Waals surface area contributed by atoms with Crippen LogP contribution in [0.2, 0.25) is 0 Å². The average Bonchev–Trinajstić information content (AvgIpc) is 2.90. The molecule has 2 nitrogen and oxygen atoms in total. The molecule has 0 bridgehead atoms. The van der Waals surface area contributed by atoms with Crippen molar-refractivity contribution in [2.24, 2.45) is 5.92 Å². The summed E-state index contributed by atoms with van der Waals surface area (Å²) in [6.07, 6.45) is 5.26. The van der Waals surface area contributed by atoms with Crippen molar-refractivity contribution in [1.29, 1.82) is 0 Å². The minimum atomic E-state index is -0.668. The van der Waals surface area contributed by atoms with Crippen LogP contribution in [0.15, 0.2) is 36.4 Å². The third-order valence-corrected chi connectivity index (χ3v) is 2.96. The predicted octanol–water partition coefficient (Wildman–Crippen LogP) is 1.83. The zero-order valence-corrected chi connectivity index (χ0v) is 8.63. The van der Waals surface area contributed by atoms with Crippen LogP contribution in [0.3, 0.4) is 0 Å². The Morgan fingerprint density at radius 2 is 2.07 bits per heavy atom. The monoisotopic (exact) mass is 204 g/mol. The van der Waals surface area contributed by atoms with Gasteiger partial charge in [0.05, 0.1) is 5.60 Å². The lowest BCUT2D eigenvalue weighted by Crippen LogP contribution is -2.07. The summed E-state index contributed by atoms with van der Waals surface area (Å²) in [4.78, 5) is 0. The SMILES string of the molecule is OCC[C@@H]1C[C@@]1(O)/C=C/c1ccccc1. The molecule has 1 aromatic rings. The lowest BCUT2D eigenvalue weighted by atomic mass is 10.1. The number of aliphatic hydroxyl groups is 2. The second kappa shape index (κ2) is 4.17. The molecular weight excluding hydrogens is 188 g/mol. The maximum atomic E-state index is 9.98. The molecule has 0 heterocycles. The highest BCUT2D eigenvalue weighted by Gasteiger charge is 2.49. The number of hydrogen-bond acceptors (Lipinski definition) is 2. The fourth-order valence-corrected chi connectivity index (χ4v) is 1.85. The molecule has 15 heavy (non-hydrogen) atoms. The van der Waals surface area contributed by atoms with Crippen molar-refractivity contribution >= 4 is 6.08 Å². The van der Waals surface area contributed by atoms with Gasteiger partial charge < -0.3 is 10.2 Å². The zero-order valence-electron chi connectivity index (χ0n) is 8.63. The minimum absolute atomic E-state index is 0.159. The van der Waals surface area contributed by atoms with E-state index in [0.29, 0.717) is 6.42 Å². The second-order valence-electron chi connectivity index (χ2n) is 4.15. The molecule has 2 N–H and O–H groups in total. The van der Waals surface area contributed by atoms with E-state index in [0.717, 1.165) is 12.0 Å². The van der Waals surface area contributed by atoms with Gasteiger partial charge in [0, 0.05) is 6.61 Å². The van der Waals surface area contributed by atoms with Crippen molar-refractivity contribution in [3.05, 3.63) is 42.0 Å². The summed E-state index contributed by atoms with van der Waals surface area (Å²) >= 11 is 0. The largest absolute Gasteiger partial charge is 0.396 e. The quantitative estimate of drug-likeness (QED) is 0.785. The Kier molecular flexibility index (Phi) is 2.89. The lowest BCUT2D eigenvalue weighted by molar-refractivity contribution is 0.170. The van der Waals surface area contributed by atoms with E-state index >= 15 is 0 Å². The Morgan fingerprint density at radius 1 is 1.33 bits per heavy atom. The van der Waals surface area contributed by atoms with Crippen molar-refractivity contribution in [2.75, 3.05) is 6.61 Å². The molecule has 2 rings (SSSR count). The zero-order chi connectivity index (χ0) is 10.7. The van der Waals surface area contributed by atoms with E-state index < -0.39 is 5.60 Å². The van der Waals surface area contributed by atoms with Crippen molar-refractivity contribution < 1.29 is 10.2 Å². The molecule has 0 spiro atoms. The topological polar surface area (TPSA) is 40.5 Å². The first-order valence-electron chi connectivity index (χ1n) is 5.32. The molecule has 1 aliphatic carbocycles. The summed E-state index contributed by atoms with van der Waals surface area (Å²) in [5.41, 5.74) is 0.430.